The van der Waals surface area contributed by atoms with Gasteiger partial charge in [0, 0.05) is 25.2 Å². The summed E-state index contributed by atoms with van der Waals surface area (Å²) in [5, 5.41) is 3.62. The highest BCUT2D eigenvalue weighted by molar-refractivity contribution is 5.69. The molecule has 0 aromatic rings. The van der Waals surface area contributed by atoms with Crippen molar-refractivity contribution in [1.82, 2.24) is 10.2 Å². The van der Waals surface area contributed by atoms with Crippen molar-refractivity contribution in [2.75, 3.05) is 13.1 Å². The number of nitrogens with zero attached hydrogens (tertiary/aromatic N) is 1. The van der Waals surface area contributed by atoms with Crippen LogP contribution in [-0.4, -0.2) is 54.0 Å². The maximum Gasteiger partial charge on any atom is 0.410 e. The van der Waals surface area contributed by atoms with E-state index < -0.39 is 5.60 Å². The van der Waals surface area contributed by atoms with E-state index in [0.29, 0.717) is 24.3 Å². The topological polar surface area (TPSA) is 50.8 Å². The third kappa shape index (κ3) is 2.87. The molecule has 108 valence electrons. The second-order valence-electron chi connectivity index (χ2n) is 6.97. The number of rotatable bonds is 2. The number of hydrogen-bond acceptors (Lipinski definition) is 4. The minimum Gasteiger partial charge on any atom is -0.444 e. The van der Waals surface area contributed by atoms with Gasteiger partial charge in [0.05, 0.1) is 12.2 Å². The zero-order valence-electron chi connectivity index (χ0n) is 12.0. The number of hydrogen-bond donors (Lipinski definition) is 1. The molecule has 3 aliphatic heterocycles. The zero-order valence-corrected chi connectivity index (χ0v) is 12.0. The SMILES string of the molecule is CC(C)(C)OC(=O)N1CC(NC2CC3CCC2O3)C1. The van der Waals surface area contributed by atoms with Crippen LogP contribution in [0.5, 0.6) is 0 Å². The molecule has 3 fully saturated rings. The molecule has 3 rings (SSSR count). The van der Waals surface area contributed by atoms with Crippen LogP contribution in [0.3, 0.4) is 0 Å². The van der Waals surface area contributed by atoms with Crippen molar-refractivity contribution in [2.24, 2.45) is 0 Å². The van der Waals surface area contributed by atoms with Crippen LogP contribution in [0.1, 0.15) is 40.0 Å². The number of likely N-dealkylation sites (tertiary alicyclic amines) is 1. The lowest BCUT2D eigenvalue weighted by Crippen LogP contribution is -2.63. The van der Waals surface area contributed by atoms with Crippen LogP contribution in [-0.2, 0) is 9.47 Å². The van der Waals surface area contributed by atoms with Gasteiger partial charge < -0.3 is 19.7 Å². The molecule has 5 heteroatoms. The molecule has 2 bridgehead atoms. The Balaban J connectivity index is 1.40. The molecule has 0 spiro atoms. The van der Waals surface area contributed by atoms with Crippen molar-refractivity contribution in [3.8, 4) is 0 Å². The molecule has 0 aliphatic carbocycles. The first-order chi connectivity index (χ1) is 8.90. The second-order valence-corrected chi connectivity index (χ2v) is 6.97. The fourth-order valence-corrected chi connectivity index (χ4v) is 3.18. The maximum absolute atomic E-state index is 11.8. The number of nitrogens with one attached hydrogen (secondary N) is 1. The van der Waals surface area contributed by atoms with Crippen molar-refractivity contribution >= 4 is 6.09 Å². The lowest BCUT2D eigenvalue weighted by Gasteiger charge is -2.42. The largest absolute Gasteiger partial charge is 0.444 e. The predicted molar refractivity (Wildman–Crippen MR) is 71.0 cm³/mol. The lowest BCUT2D eigenvalue weighted by molar-refractivity contribution is 0.00297. The lowest BCUT2D eigenvalue weighted by atomic mass is 9.94. The maximum atomic E-state index is 11.8. The van der Waals surface area contributed by atoms with Gasteiger partial charge in [-0.25, -0.2) is 4.79 Å². The van der Waals surface area contributed by atoms with Crippen LogP contribution in [0.15, 0.2) is 0 Å². The van der Waals surface area contributed by atoms with Gasteiger partial charge in [-0.2, -0.15) is 0 Å². The number of amides is 1. The van der Waals surface area contributed by atoms with E-state index in [9.17, 15) is 4.79 Å². The van der Waals surface area contributed by atoms with Crippen molar-refractivity contribution in [3.63, 3.8) is 0 Å². The number of fused-ring (bicyclic) bond motifs is 2. The van der Waals surface area contributed by atoms with Crippen molar-refractivity contribution in [1.29, 1.82) is 0 Å². The normalized spacial score (nSPS) is 34.5. The van der Waals surface area contributed by atoms with Crippen LogP contribution in [0.4, 0.5) is 4.79 Å². The third-order valence-electron chi connectivity index (χ3n) is 4.09. The molecule has 3 aliphatic rings. The van der Waals surface area contributed by atoms with Crippen LogP contribution >= 0.6 is 0 Å². The van der Waals surface area contributed by atoms with Gasteiger partial charge in [-0.1, -0.05) is 0 Å². The molecule has 3 heterocycles. The number of carbonyl (C=O) groups is 1. The fraction of sp³-hybridized carbons (Fsp3) is 0.929. The molecule has 1 N–H and O–H groups in total. The first kappa shape index (κ1) is 13.2. The van der Waals surface area contributed by atoms with Gasteiger partial charge in [-0.3, -0.25) is 0 Å². The Morgan fingerprint density at radius 3 is 2.58 bits per heavy atom. The van der Waals surface area contributed by atoms with E-state index in [1.165, 1.54) is 12.8 Å². The summed E-state index contributed by atoms with van der Waals surface area (Å²) in [6, 6.07) is 0.894. The van der Waals surface area contributed by atoms with Crippen molar-refractivity contribution < 1.29 is 14.3 Å². The number of ether oxygens (including phenoxy) is 2. The van der Waals surface area contributed by atoms with E-state index >= 15 is 0 Å². The molecule has 3 saturated heterocycles. The first-order valence-electron chi connectivity index (χ1n) is 7.30. The third-order valence-corrected chi connectivity index (χ3v) is 4.09. The summed E-state index contributed by atoms with van der Waals surface area (Å²) in [7, 11) is 0. The average Bonchev–Trinajstić information content (AvgIpc) is 2.81. The molecule has 19 heavy (non-hydrogen) atoms. The minimum atomic E-state index is -0.409. The molecule has 5 nitrogen and oxygen atoms in total. The van der Waals surface area contributed by atoms with E-state index in [2.05, 4.69) is 5.32 Å². The summed E-state index contributed by atoms with van der Waals surface area (Å²) < 4.78 is 11.2. The fourth-order valence-electron chi connectivity index (χ4n) is 3.18. The van der Waals surface area contributed by atoms with E-state index in [-0.39, 0.29) is 6.09 Å². The quantitative estimate of drug-likeness (QED) is 0.825. The molecule has 3 atom stereocenters. The van der Waals surface area contributed by atoms with Crippen LogP contribution in [0, 0.1) is 0 Å². The standard InChI is InChI=1S/C14H24N2O3/c1-14(2,3)19-13(17)16-7-9(8-16)15-11-6-10-4-5-12(11)18-10/h9-12,15H,4-8H2,1-3H3. The Kier molecular flexibility index (Phi) is 3.21. The molecule has 0 aromatic carbocycles. The summed E-state index contributed by atoms with van der Waals surface area (Å²) in [4.78, 5) is 13.6. The minimum absolute atomic E-state index is 0.199. The average molecular weight is 268 g/mol. The molecular formula is C14H24N2O3. The highest BCUT2D eigenvalue weighted by Gasteiger charge is 2.43. The Morgan fingerprint density at radius 1 is 1.32 bits per heavy atom. The van der Waals surface area contributed by atoms with Gasteiger partial charge in [0.2, 0.25) is 0 Å². The van der Waals surface area contributed by atoms with Crippen LogP contribution in [0.2, 0.25) is 0 Å². The molecule has 3 unspecified atom stereocenters. The second kappa shape index (κ2) is 4.63. The highest BCUT2D eigenvalue weighted by Crippen LogP contribution is 2.34. The van der Waals surface area contributed by atoms with Gasteiger partial charge in [0.1, 0.15) is 5.60 Å². The smallest absolute Gasteiger partial charge is 0.410 e. The zero-order chi connectivity index (χ0) is 13.6. The van der Waals surface area contributed by atoms with Gasteiger partial charge >= 0.3 is 6.09 Å². The first-order valence-corrected chi connectivity index (χ1v) is 7.30. The van der Waals surface area contributed by atoms with E-state index in [4.69, 9.17) is 9.47 Å². The Labute approximate surface area is 114 Å². The Bertz CT molecular complexity index is 360. The van der Waals surface area contributed by atoms with Crippen molar-refractivity contribution in [2.45, 2.75) is 69.9 Å². The Hall–Kier alpha value is -0.810. The summed E-state index contributed by atoms with van der Waals surface area (Å²) in [5.41, 5.74) is -0.409. The molecule has 0 radical (unpaired) electrons. The monoisotopic (exact) mass is 268 g/mol. The molecule has 0 aromatic heterocycles. The van der Waals surface area contributed by atoms with Crippen LogP contribution < -0.4 is 5.32 Å². The van der Waals surface area contributed by atoms with E-state index in [1.54, 1.807) is 4.90 Å². The summed E-state index contributed by atoms with van der Waals surface area (Å²) in [5.74, 6) is 0. The van der Waals surface area contributed by atoms with E-state index in [0.717, 1.165) is 19.5 Å². The van der Waals surface area contributed by atoms with Gasteiger partial charge in [-0.15, -0.1) is 0 Å². The predicted octanol–water partition coefficient (Wildman–Crippen LogP) is 1.52. The molecular weight excluding hydrogens is 244 g/mol. The Morgan fingerprint density at radius 2 is 2.05 bits per heavy atom. The summed E-state index contributed by atoms with van der Waals surface area (Å²) in [6.45, 7) is 7.19. The van der Waals surface area contributed by atoms with Gasteiger partial charge in [0.15, 0.2) is 0 Å². The van der Waals surface area contributed by atoms with Crippen molar-refractivity contribution in [3.05, 3.63) is 0 Å². The van der Waals surface area contributed by atoms with E-state index in [1.807, 2.05) is 20.8 Å². The summed E-state index contributed by atoms with van der Waals surface area (Å²) >= 11 is 0. The summed E-state index contributed by atoms with van der Waals surface area (Å²) in [6.07, 6.45) is 4.22. The number of carbonyl (C=O) groups excluding carboxylic acids is 1. The molecule has 1 amide bonds. The highest BCUT2D eigenvalue weighted by atomic mass is 16.6. The molecule has 0 saturated carbocycles. The van der Waals surface area contributed by atoms with Gasteiger partial charge in [0.25, 0.3) is 0 Å². The van der Waals surface area contributed by atoms with Crippen LogP contribution in [0.25, 0.3) is 0 Å². The van der Waals surface area contributed by atoms with Gasteiger partial charge in [-0.05, 0) is 40.0 Å².